The standard InChI is InChI=1S/C20H20ClNO6/c1-13(23)28-17-6-2-14(3-7-17)12-18(20(25)26)22-19(24)10-11-27-16-8-4-15(21)5-9-16/h2-9,18H,10-12H2,1H3,(H,22,24)(H,25,26). The normalized spacial score (nSPS) is 11.4. The Balaban J connectivity index is 1.84. The topological polar surface area (TPSA) is 102 Å². The first-order valence-electron chi connectivity index (χ1n) is 8.51. The Hall–Kier alpha value is -3.06. The molecule has 2 aromatic rings. The highest BCUT2D eigenvalue weighted by atomic mass is 35.5. The maximum Gasteiger partial charge on any atom is 0.326 e. The smallest absolute Gasteiger partial charge is 0.326 e. The summed E-state index contributed by atoms with van der Waals surface area (Å²) in [6, 6.07) is 12.0. The van der Waals surface area contributed by atoms with E-state index in [1.54, 1.807) is 48.5 Å². The van der Waals surface area contributed by atoms with Gasteiger partial charge in [0.15, 0.2) is 0 Å². The maximum absolute atomic E-state index is 12.0. The van der Waals surface area contributed by atoms with Gasteiger partial charge in [-0.25, -0.2) is 4.79 Å². The van der Waals surface area contributed by atoms with Crippen LogP contribution in [0.4, 0.5) is 0 Å². The molecule has 2 N–H and O–H groups in total. The van der Waals surface area contributed by atoms with Gasteiger partial charge in [0.2, 0.25) is 5.91 Å². The van der Waals surface area contributed by atoms with E-state index in [0.717, 1.165) is 0 Å². The lowest BCUT2D eigenvalue weighted by atomic mass is 10.1. The van der Waals surface area contributed by atoms with Crippen LogP contribution in [0.3, 0.4) is 0 Å². The van der Waals surface area contributed by atoms with Crippen LogP contribution in [0.5, 0.6) is 11.5 Å². The maximum atomic E-state index is 12.0. The molecule has 0 aromatic heterocycles. The number of hydrogen-bond donors (Lipinski definition) is 2. The average molecular weight is 406 g/mol. The van der Waals surface area contributed by atoms with Gasteiger partial charge in [-0.05, 0) is 42.0 Å². The summed E-state index contributed by atoms with van der Waals surface area (Å²) >= 11 is 5.78. The zero-order chi connectivity index (χ0) is 20.5. The number of carboxylic acid groups (broad SMARTS) is 1. The molecule has 0 bridgehead atoms. The highest BCUT2D eigenvalue weighted by Crippen LogP contribution is 2.16. The van der Waals surface area contributed by atoms with Crippen molar-refractivity contribution in [2.24, 2.45) is 0 Å². The molecule has 8 heteroatoms. The molecule has 7 nitrogen and oxygen atoms in total. The van der Waals surface area contributed by atoms with Crippen molar-refractivity contribution in [2.75, 3.05) is 6.61 Å². The molecule has 0 heterocycles. The van der Waals surface area contributed by atoms with Gasteiger partial charge in [0.05, 0.1) is 13.0 Å². The molecule has 0 aliphatic heterocycles. The van der Waals surface area contributed by atoms with Crippen LogP contribution < -0.4 is 14.8 Å². The van der Waals surface area contributed by atoms with Crippen LogP contribution in [0.1, 0.15) is 18.9 Å². The van der Waals surface area contributed by atoms with E-state index < -0.39 is 23.9 Å². The zero-order valence-corrected chi connectivity index (χ0v) is 15.9. The number of esters is 1. The Bertz CT molecular complexity index is 820. The fraction of sp³-hybridized carbons (Fsp3) is 0.250. The number of carboxylic acids is 1. The SMILES string of the molecule is CC(=O)Oc1ccc(CC(NC(=O)CCOc2ccc(Cl)cc2)C(=O)O)cc1. The minimum Gasteiger partial charge on any atom is -0.493 e. The summed E-state index contributed by atoms with van der Waals surface area (Å²) in [5, 5.41) is 12.4. The molecule has 0 radical (unpaired) electrons. The predicted molar refractivity (Wildman–Crippen MR) is 103 cm³/mol. The van der Waals surface area contributed by atoms with E-state index in [-0.39, 0.29) is 19.4 Å². The van der Waals surface area contributed by atoms with Crippen LogP contribution in [0.25, 0.3) is 0 Å². The van der Waals surface area contributed by atoms with E-state index in [4.69, 9.17) is 21.1 Å². The van der Waals surface area contributed by atoms with Gasteiger partial charge in [-0.3, -0.25) is 9.59 Å². The van der Waals surface area contributed by atoms with Crippen molar-refractivity contribution < 1.29 is 29.0 Å². The molecule has 0 aliphatic rings. The Morgan fingerprint density at radius 3 is 2.21 bits per heavy atom. The number of ether oxygens (including phenoxy) is 2. The molecular formula is C20H20ClNO6. The number of nitrogens with one attached hydrogen (secondary N) is 1. The molecule has 148 valence electrons. The molecular weight excluding hydrogens is 386 g/mol. The van der Waals surface area contributed by atoms with Crippen LogP contribution in [-0.2, 0) is 20.8 Å². The van der Waals surface area contributed by atoms with E-state index >= 15 is 0 Å². The predicted octanol–water partition coefficient (Wildman–Crippen LogP) is 2.85. The second-order valence-corrected chi connectivity index (χ2v) is 6.39. The third kappa shape index (κ3) is 7.28. The second kappa shape index (κ2) is 10.3. The number of amides is 1. The van der Waals surface area contributed by atoms with Crippen molar-refractivity contribution in [1.29, 1.82) is 0 Å². The van der Waals surface area contributed by atoms with Gasteiger partial charge in [0.1, 0.15) is 17.5 Å². The number of aliphatic carboxylic acids is 1. The molecule has 0 aliphatic carbocycles. The van der Waals surface area contributed by atoms with E-state index in [9.17, 15) is 19.5 Å². The first kappa shape index (κ1) is 21.2. The summed E-state index contributed by atoms with van der Waals surface area (Å²) in [5.74, 6) is -1.08. The first-order chi connectivity index (χ1) is 13.3. The molecule has 28 heavy (non-hydrogen) atoms. The molecule has 2 rings (SSSR count). The Kier molecular flexibility index (Phi) is 7.83. The highest BCUT2D eigenvalue weighted by molar-refractivity contribution is 6.30. The van der Waals surface area contributed by atoms with Crippen molar-refractivity contribution in [2.45, 2.75) is 25.8 Å². The average Bonchev–Trinajstić information content (AvgIpc) is 2.64. The monoisotopic (exact) mass is 405 g/mol. The minimum absolute atomic E-state index is 0.0117. The van der Waals surface area contributed by atoms with Crippen molar-refractivity contribution in [3.63, 3.8) is 0 Å². The van der Waals surface area contributed by atoms with Crippen molar-refractivity contribution in [3.8, 4) is 11.5 Å². The summed E-state index contributed by atoms with van der Waals surface area (Å²) in [5.41, 5.74) is 0.681. The Morgan fingerprint density at radius 2 is 1.64 bits per heavy atom. The lowest BCUT2D eigenvalue weighted by Crippen LogP contribution is -2.42. The van der Waals surface area contributed by atoms with E-state index in [1.165, 1.54) is 6.92 Å². The third-order valence-electron chi connectivity index (χ3n) is 3.67. The number of hydrogen-bond acceptors (Lipinski definition) is 5. The van der Waals surface area contributed by atoms with Gasteiger partial charge in [-0.1, -0.05) is 23.7 Å². The lowest BCUT2D eigenvalue weighted by molar-refractivity contribution is -0.141. The lowest BCUT2D eigenvalue weighted by Gasteiger charge is -2.15. The van der Waals surface area contributed by atoms with Crippen LogP contribution >= 0.6 is 11.6 Å². The van der Waals surface area contributed by atoms with E-state index in [0.29, 0.717) is 22.1 Å². The first-order valence-corrected chi connectivity index (χ1v) is 8.89. The van der Waals surface area contributed by atoms with Gasteiger partial charge < -0.3 is 19.9 Å². The van der Waals surface area contributed by atoms with Crippen LogP contribution in [0.2, 0.25) is 5.02 Å². The van der Waals surface area contributed by atoms with E-state index in [1.807, 2.05) is 0 Å². The van der Waals surface area contributed by atoms with Crippen LogP contribution in [0, 0.1) is 0 Å². The number of carbonyl (C=O) groups is 3. The summed E-state index contributed by atoms with van der Waals surface area (Å²) in [6.07, 6.45) is 0.108. The Morgan fingerprint density at radius 1 is 1.04 bits per heavy atom. The fourth-order valence-electron chi connectivity index (χ4n) is 2.35. The number of carbonyl (C=O) groups excluding carboxylic acids is 2. The summed E-state index contributed by atoms with van der Waals surface area (Å²) in [4.78, 5) is 34.4. The van der Waals surface area contributed by atoms with E-state index in [2.05, 4.69) is 5.32 Å². The molecule has 0 saturated heterocycles. The second-order valence-electron chi connectivity index (χ2n) is 5.95. The molecule has 0 fully saturated rings. The molecule has 1 amide bonds. The van der Waals surface area contributed by atoms with Crippen LogP contribution in [0.15, 0.2) is 48.5 Å². The van der Waals surface area contributed by atoms with Gasteiger partial charge in [-0.15, -0.1) is 0 Å². The molecule has 1 atom stereocenters. The van der Waals surface area contributed by atoms with Gasteiger partial charge in [-0.2, -0.15) is 0 Å². The van der Waals surface area contributed by atoms with Gasteiger partial charge >= 0.3 is 11.9 Å². The molecule has 0 saturated carbocycles. The summed E-state index contributed by atoms with van der Waals surface area (Å²) < 4.78 is 10.4. The van der Waals surface area contributed by atoms with Gasteiger partial charge in [0.25, 0.3) is 0 Å². The van der Waals surface area contributed by atoms with Crippen LogP contribution in [-0.4, -0.2) is 35.6 Å². The Labute approximate surface area is 167 Å². The quantitative estimate of drug-likeness (QED) is 0.491. The van der Waals surface area contributed by atoms with Gasteiger partial charge in [0, 0.05) is 18.4 Å². The zero-order valence-electron chi connectivity index (χ0n) is 15.2. The van der Waals surface area contributed by atoms with Crippen molar-refractivity contribution >= 4 is 29.4 Å². The molecule has 2 aromatic carbocycles. The third-order valence-corrected chi connectivity index (χ3v) is 3.92. The fourth-order valence-corrected chi connectivity index (χ4v) is 2.48. The number of rotatable bonds is 9. The number of benzene rings is 2. The number of halogens is 1. The van der Waals surface area contributed by atoms with Crippen molar-refractivity contribution in [1.82, 2.24) is 5.32 Å². The highest BCUT2D eigenvalue weighted by Gasteiger charge is 2.20. The summed E-state index contributed by atoms with van der Waals surface area (Å²) in [6.45, 7) is 1.40. The summed E-state index contributed by atoms with van der Waals surface area (Å²) in [7, 11) is 0. The van der Waals surface area contributed by atoms with Crippen molar-refractivity contribution in [3.05, 3.63) is 59.1 Å². The largest absolute Gasteiger partial charge is 0.493 e. The minimum atomic E-state index is -1.14. The molecule has 1 unspecified atom stereocenters. The molecule has 0 spiro atoms.